The summed E-state index contributed by atoms with van der Waals surface area (Å²) in [6, 6.07) is 0.455. The van der Waals surface area contributed by atoms with E-state index in [1.54, 1.807) is 4.31 Å². The van der Waals surface area contributed by atoms with Crippen molar-refractivity contribution in [2.24, 2.45) is 5.92 Å². The van der Waals surface area contributed by atoms with Crippen LogP contribution in [-0.4, -0.2) is 42.8 Å². The lowest BCUT2D eigenvalue weighted by Gasteiger charge is -2.35. The molecule has 0 aromatic carbocycles. The Morgan fingerprint density at radius 3 is 1.81 bits per heavy atom. The molecular weight excluding hydrogens is 226 g/mol. The summed E-state index contributed by atoms with van der Waals surface area (Å²) in [4.78, 5) is 0. The largest absolute Gasteiger partial charge is 0.396 e. The summed E-state index contributed by atoms with van der Waals surface area (Å²) in [5.41, 5.74) is 0. The minimum Gasteiger partial charge on any atom is -0.396 e. The van der Waals surface area contributed by atoms with E-state index < -0.39 is 10.0 Å². The van der Waals surface area contributed by atoms with Crippen LogP contribution < -0.4 is 0 Å². The van der Waals surface area contributed by atoms with Crippen molar-refractivity contribution in [1.29, 1.82) is 0 Å². The summed E-state index contributed by atoms with van der Waals surface area (Å²) in [5.74, 6) is 0.386. The first-order valence-electron chi connectivity index (χ1n) is 6.11. The van der Waals surface area contributed by atoms with E-state index in [0.29, 0.717) is 5.92 Å². The Morgan fingerprint density at radius 2 is 1.50 bits per heavy atom. The number of hydrogen-bond acceptors (Lipinski definition) is 3. The van der Waals surface area contributed by atoms with Gasteiger partial charge in [0.25, 0.3) is 0 Å². The Hall–Kier alpha value is -0.130. The van der Waals surface area contributed by atoms with E-state index in [1.165, 1.54) is 6.26 Å². The molecule has 0 heterocycles. The Balaban J connectivity index is 2.00. The molecule has 0 aromatic rings. The predicted octanol–water partition coefficient (Wildman–Crippen LogP) is 0.961. The molecular formula is C11H21NO3S. The van der Waals surface area contributed by atoms with Crippen LogP contribution in [0.4, 0.5) is 0 Å². The Labute approximate surface area is 97.7 Å². The zero-order valence-corrected chi connectivity index (χ0v) is 10.6. The summed E-state index contributed by atoms with van der Waals surface area (Å²) in [7, 11) is -3.05. The molecule has 0 spiro atoms. The number of rotatable bonds is 4. The van der Waals surface area contributed by atoms with Gasteiger partial charge in [-0.25, -0.2) is 8.42 Å². The lowest BCUT2D eigenvalue weighted by atomic mass is 9.86. The van der Waals surface area contributed by atoms with Crippen LogP contribution in [0.5, 0.6) is 0 Å². The van der Waals surface area contributed by atoms with Crippen molar-refractivity contribution in [1.82, 2.24) is 4.31 Å². The second-order valence-corrected chi connectivity index (χ2v) is 7.07. The molecule has 16 heavy (non-hydrogen) atoms. The van der Waals surface area contributed by atoms with Gasteiger partial charge in [-0.2, -0.15) is 4.31 Å². The van der Waals surface area contributed by atoms with Crippen LogP contribution >= 0.6 is 0 Å². The van der Waals surface area contributed by atoms with Crippen LogP contribution in [0.2, 0.25) is 0 Å². The Morgan fingerprint density at radius 1 is 1.06 bits per heavy atom. The molecule has 0 amide bonds. The number of aliphatic hydroxyl groups excluding tert-OH is 1. The number of aliphatic hydroxyl groups is 1. The zero-order chi connectivity index (χ0) is 11.8. The molecule has 0 unspecified atom stereocenters. The minimum atomic E-state index is -3.05. The number of hydrogen-bond donors (Lipinski definition) is 1. The highest BCUT2D eigenvalue weighted by Crippen LogP contribution is 2.36. The third-order valence-electron chi connectivity index (χ3n) is 3.72. The molecule has 0 aliphatic heterocycles. The Kier molecular flexibility index (Phi) is 3.56. The normalized spacial score (nSPS) is 31.9. The van der Waals surface area contributed by atoms with Gasteiger partial charge in [-0.1, -0.05) is 0 Å². The molecule has 0 radical (unpaired) electrons. The van der Waals surface area contributed by atoms with Crippen LogP contribution in [0.15, 0.2) is 0 Å². The van der Waals surface area contributed by atoms with Crippen molar-refractivity contribution < 1.29 is 13.5 Å². The molecule has 4 nitrogen and oxygen atoms in total. The van der Waals surface area contributed by atoms with Gasteiger partial charge >= 0.3 is 0 Å². The monoisotopic (exact) mass is 247 g/mol. The summed E-state index contributed by atoms with van der Waals surface area (Å²) in [5, 5.41) is 9.07. The van der Waals surface area contributed by atoms with E-state index >= 15 is 0 Å². The maximum absolute atomic E-state index is 11.7. The molecule has 5 heteroatoms. The van der Waals surface area contributed by atoms with E-state index in [9.17, 15) is 8.42 Å². The van der Waals surface area contributed by atoms with Gasteiger partial charge in [-0.05, 0) is 44.4 Å². The molecule has 2 saturated carbocycles. The lowest BCUT2D eigenvalue weighted by Crippen LogP contribution is -2.43. The summed E-state index contributed by atoms with van der Waals surface area (Å²) < 4.78 is 25.2. The van der Waals surface area contributed by atoms with Crippen LogP contribution in [0, 0.1) is 5.92 Å². The first-order valence-corrected chi connectivity index (χ1v) is 7.96. The standard InChI is InChI=1S/C11H21NO3S/c1-16(14,15)12(11-6-7-11)10-4-2-9(8-13)3-5-10/h9-11,13H,2-8H2,1H3. The Bertz CT molecular complexity index is 329. The predicted molar refractivity (Wildman–Crippen MR) is 62.5 cm³/mol. The van der Waals surface area contributed by atoms with Gasteiger partial charge in [-0.3, -0.25) is 0 Å². The van der Waals surface area contributed by atoms with E-state index in [2.05, 4.69) is 0 Å². The smallest absolute Gasteiger partial charge is 0.211 e. The molecule has 2 aliphatic carbocycles. The maximum atomic E-state index is 11.7. The fourth-order valence-electron chi connectivity index (χ4n) is 2.75. The van der Waals surface area contributed by atoms with Crippen molar-refractivity contribution in [2.45, 2.75) is 50.6 Å². The summed E-state index contributed by atoms with van der Waals surface area (Å²) in [6.45, 7) is 0.245. The highest BCUT2D eigenvalue weighted by atomic mass is 32.2. The van der Waals surface area contributed by atoms with Gasteiger partial charge in [-0.15, -0.1) is 0 Å². The second kappa shape index (κ2) is 4.63. The fourth-order valence-corrected chi connectivity index (χ4v) is 4.26. The third-order valence-corrected chi connectivity index (χ3v) is 5.09. The average molecular weight is 247 g/mol. The van der Waals surface area contributed by atoms with Crippen molar-refractivity contribution >= 4 is 10.0 Å². The van der Waals surface area contributed by atoms with Gasteiger partial charge in [0, 0.05) is 18.7 Å². The lowest BCUT2D eigenvalue weighted by molar-refractivity contribution is 0.150. The van der Waals surface area contributed by atoms with Crippen molar-refractivity contribution in [3.05, 3.63) is 0 Å². The van der Waals surface area contributed by atoms with Crippen LogP contribution in [0.3, 0.4) is 0 Å². The molecule has 0 saturated heterocycles. The van der Waals surface area contributed by atoms with Gasteiger partial charge in [0.15, 0.2) is 0 Å². The van der Waals surface area contributed by atoms with Gasteiger partial charge < -0.3 is 5.11 Å². The molecule has 2 aliphatic rings. The SMILES string of the molecule is CS(=O)(=O)N(C1CCC(CO)CC1)C1CC1. The summed E-state index contributed by atoms with van der Waals surface area (Å²) >= 11 is 0. The van der Waals surface area contributed by atoms with Crippen molar-refractivity contribution in [3.63, 3.8) is 0 Å². The van der Waals surface area contributed by atoms with Crippen molar-refractivity contribution in [3.8, 4) is 0 Å². The van der Waals surface area contributed by atoms with Crippen LogP contribution in [0.25, 0.3) is 0 Å². The maximum Gasteiger partial charge on any atom is 0.211 e. The quantitative estimate of drug-likeness (QED) is 0.805. The van der Waals surface area contributed by atoms with Gasteiger partial charge in [0.2, 0.25) is 10.0 Å². The number of sulfonamides is 1. The topological polar surface area (TPSA) is 57.6 Å². The molecule has 94 valence electrons. The minimum absolute atomic E-state index is 0.185. The van der Waals surface area contributed by atoms with E-state index in [4.69, 9.17) is 5.11 Å². The molecule has 1 N–H and O–H groups in total. The first-order chi connectivity index (χ1) is 7.52. The zero-order valence-electron chi connectivity index (χ0n) is 9.80. The fraction of sp³-hybridized carbons (Fsp3) is 1.00. The molecule has 2 fully saturated rings. The highest BCUT2D eigenvalue weighted by molar-refractivity contribution is 7.88. The van der Waals surface area contributed by atoms with Crippen LogP contribution in [0.1, 0.15) is 38.5 Å². The second-order valence-electron chi connectivity index (χ2n) is 5.18. The average Bonchev–Trinajstić information content (AvgIpc) is 3.01. The molecule has 0 atom stereocenters. The summed E-state index contributed by atoms with van der Waals surface area (Å²) in [6.07, 6.45) is 7.10. The third kappa shape index (κ3) is 2.76. The van der Waals surface area contributed by atoms with E-state index in [-0.39, 0.29) is 18.7 Å². The molecule has 0 aromatic heterocycles. The van der Waals surface area contributed by atoms with Gasteiger partial charge in [0.05, 0.1) is 6.26 Å². The molecule has 2 rings (SSSR count). The van der Waals surface area contributed by atoms with E-state index in [0.717, 1.165) is 38.5 Å². The number of nitrogens with zero attached hydrogens (tertiary/aromatic N) is 1. The highest BCUT2D eigenvalue weighted by Gasteiger charge is 2.40. The van der Waals surface area contributed by atoms with Gasteiger partial charge in [0.1, 0.15) is 0 Å². The van der Waals surface area contributed by atoms with Crippen molar-refractivity contribution in [2.75, 3.05) is 12.9 Å². The van der Waals surface area contributed by atoms with Crippen LogP contribution in [-0.2, 0) is 10.0 Å². The molecule has 0 bridgehead atoms. The first kappa shape index (κ1) is 12.3. The van der Waals surface area contributed by atoms with E-state index in [1.807, 2.05) is 0 Å².